The Hall–Kier alpha value is -2.96. The van der Waals surface area contributed by atoms with Crippen molar-refractivity contribution in [1.82, 2.24) is 0 Å². The van der Waals surface area contributed by atoms with Crippen molar-refractivity contribution < 1.29 is 14.6 Å². The van der Waals surface area contributed by atoms with Crippen LogP contribution < -0.4 is 4.74 Å². The van der Waals surface area contributed by atoms with Crippen LogP contribution in [-0.4, -0.2) is 9.85 Å². The number of para-hydroxylation sites is 2. The standard InChI is InChI=1S/C36H56N2O5/c1-3-5-7-9-11-13-15-17-19-21-25-31-27-23-29-33(35(31)37(39)40)43-34-30-24-28-32(36(34)38(41)42)26-22-20-18-16-14-12-10-8-6-4-2/h23-24,27-30H,3-22,25-26H2,1-2H3. The van der Waals surface area contributed by atoms with Crippen LogP contribution in [0.5, 0.6) is 11.5 Å². The monoisotopic (exact) mass is 596 g/mol. The SMILES string of the molecule is CCCCCCCCCCCCc1cccc(Oc2cccc(CCCCCCCCCCCC)c2[N+](=O)[O-])c1[N+](=O)[O-]. The molecule has 2 aromatic carbocycles. The van der Waals surface area contributed by atoms with Gasteiger partial charge in [-0.2, -0.15) is 0 Å². The highest BCUT2D eigenvalue weighted by molar-refractivity contribution is 5.59. The molecule has 0 spiro atoms. The smallest absolute Gasteiger partial charge is 0.314 e. The van der Waals surface area contributed by atoms with Gasteiger partial charge < -0.3 is 4.74 Å². The maximum Gasteiger partial charge on any atom is 0.314 e. The van der Waals surface area contributed by atoms with Crippen LogP contribution in [0.1, 0.15) is 153 Å². The van der Waals surface area contributed by atoms with E-state index in [4.69, 9.17) is 4.74 Å². The van der Waals surface area contributed by atoms with E-state index >= 15 is 0 Å². The lowest BCUT2D eigenvalue weighted by atomic mass is 10.0. The molecule has 0 aliphatic heterocycles. The number of nitrogens with zero attached hydrogens (tertiary/aromatic N) is 2. The number of nitro benzene ring substituents is 2. The summed E-state index contributed by atoms with van der Waals surface area (Å²) < 4.78 is 5.96. The second kappa shape index (κ2) is 22.6. The lowest BCUT2D eigenvalue weighted by molar-refractivity contribution is -0.388. The molecule has 0 aliphatic carbocycles. The molecule has 240 valence electrons. The summed E-state index contributed by atoms with van der Waals surface area (Å²) in [6.07, 6.45) is 25.2. The van der Waals surface area contributed by atoms with Crippen LogP contribution in [0.3, 0.4) is 0 Å². The number of benzene rings is 2. The minimum Gasteiger partial charge on any atom is -0.443 e. The van der Waals surface area contributed by atoms with Gasteiger partial charge in [-0.3, -0.25) is 20.2 Å². The lowest BCUT2D eigenvalue weighted by Gasteiger charge is -2.12. The molecular formula is C36H56N2O5. The highest BCUT2D eigenvalue weighted by Gasteiger charge is 2.26. The van der Waals surface area contributed by atoms with Crippen molar-refractivity contribution in [2.24, 2.45) is 0 Å². The zero-order chi connectivity index (χ0) is 31.1. The summed E-state index contributed by atoms with van der Waals surface area (Å²) in [4.78, 5) is 23.4. The van der Waals surface area contributed by atoms with Crippen molar-refractivity contribution in [2.75, 3.05) is 0 Å². The Morgan fingerprint density at radius 1 is 0.488 bits per heavy atom. The molecule has 0 saturated carbocycles. The summed E-state index contributed by atoms with van der Waals surface area (Å²) in [5, 5.41) is 24.2. The van der Waals surface area contributed by atoms with Gasteiger partial charge in [-0.05, 0) is 37.8 Å². The molecule has 0 fully saturated rings. The Labute approximate surface area is 260 Å². The molecule has 0 saturated heterocycles. The number of hydrogen-bond acceptors (Lipinski definition) is 5. The van der Waals surface area contributed by atoms with Crippen molar-refractivity contribution in [3.63, 3.8) is 0 Å². The molecule has 0 heterocycles. The zero-order valence-corrected chi connectivity index (χ0v) is 27.0. The average Bonchev–Trinajstić information content (AvgIpc) is 2.99. The lowest BCUT2D eigenvalue weighted by Crippen LogP contribution is -2.02. The molecule has 7 heteroatoms. The highest BCUT2D eigenvalue weighted by atomic mass is 16.6. The molecule has 0 atom stereocenters. The number of aryl methyl sites for hydroxylation is 2. The average molecular weight is 597 g/mol. The highest BCUT2D eigenvalue weighted by Crippen LogP contribution is 2.40. The number of unbranched alkanes of at least 4 members (excludes halogenated alkanes) is 18. The first-order chi connectivity index (χ1) is 21.0. The Morgan fingerprint density at radius 2 is 0.791 bits per heavy atom. The van der Waals surface area contributed by atoms with Gasteiger partial charge in [0.1, 0.15) is 0 Å². The van der Waals surface area contributed by atoms with Gasteiger partial charge in [-0.25, -0.2) is 0 Å². The third-order valence-corrected chi connectivity index (χ3v) is 8.35. The normalized spacial score (nSPS) is 11.1. The molecular weight excluding hydrogens is 540 g/mol. The largest absolute Gasteiger partial charge is 0.443 e. The van der Waals surface area contributed by atoms with Gasteiger partial charge in [-0.15, -0.1) is 0 Å². The molecule has 43 heavy (non-hydrogen) atoms. The predicted octanol–water partition coefficient (Wildman–Crippen LogP) is 12.2. The fraction of sp³-hybridized carbons (Fsp3) is 0.667. The molecule has 0 bridgehead atoms. The molecule has 2 rings (SSSR count). The van der Waals surface area contributed by atoms with Crippen LogP contribution in [0.25, 0.3) is 0 Å². The van der Waals surface area contributed by atoms with Crippen LogP contribution in [0, 0.1) is 20.2 Å². The van der Waals surface area contributed by atoms with Gasteiger partial charge in [0.05, 0.1) is 9.85 Å². The van der Waals surface area contributed by atoms with E-state index < -0.39 is 9.85 Å². The molecule has 0 aliphatic rings. The summed E-state index contributed by atoms with van der Waals surface area (Å²) in [6.45, 7) is 4.46. The minimum atomic E-state index is -0.416. The van der Waals surface area contributed by atoms with Gasteiger partial charge in [0.2, 0.25) is 11.5 Å². The van der Waals surface area contributed by atoms with E-state index in [0.29, 0.717) is 24.0 Å². The third-order valence-electron chi connectivity index (χ3n) is 8.35. The van der Waals surface area contributed by atoms with Gasteiger partial charge in [-0.1, -0.05) is 154 Å². The van der Waals surface area contributed by atoms with Crippen LogP contribution in [0.2, 0.25) is 0 Å². The van der Waals surface area contributed by atoms with E-state index in [1.54, 1.807) is 36.4 Å². The maximum atomic E-state index is 12.1. The molecule has 0 amide bonds. The Kier molecular flexibility index (Phi) is 19.0. The van der Waals surface area contributed by atoms with E-state index in [1.807, 2.05) is 0 Å². The molecule has 0 aromatic heterocycles. The number of rotatable bonds is 26. The third kappa shape index (κ3) is 14.4. The topological polar surface area (TPSA) is 95.5 Å². The van der Waals surface area contributed by atoms with Crippen molar-refractivity contribution in [3.05, 3.63) is 67.8 Å². The molecule has 0 unspecified atom stereocenters. The minimum absolute atomic E-state index is 0.0637. The van der Waals surface area contributed by atoms with Gasteiger partial charge in [0, 0.05) is 11.1 Å². The summed E-state index contributed by atoms with van der Waals surface area (Å²) in [5.41, 5.74) is 1.05. The molecule has 2 aromatic rings. The van der Waals surface area contributed by atoms with Crippen LogP contribution in [0.15, 0.2) is 36.4 Å². The number of ether oxygens (including phenoxy) is 1. The Balaban J connectivity index is 1.93. The summed E-state index contributed by atoms with van der Waals surface area (Å²) in [5.74, 6) is 0.127. The first-order valence-electron chi connectivity index (χ1n) is 17.2. The van der Waals surface area contributed by atoms with E-state index in [-0.39, 0.29) is 22.9 Å². The fourth-order valence-corrected chi connectivity index (χ4v) is 5.84. The summed E-state index contributed by atoms with van der Waals surface area (Å²) in [6, 6.07) is 10.1. The van der Waals surface area contributed by atoms with Crippen molar-refractivity contribution in [2.45, 2.75) is 155 Å². The molecule has 0 N–H and O–H groups in total. The quantitative estimate of drug-likeness (QED) is 0.0611. The van der Waals surface area contributed by atoms with E-state index in [9.17, 15) is 20.2 Å². The zero-order valence-electron chi connectivity index (χ0n) is 27.0. The second-order valence-corrected chi connectivity index (χ2v) is 12.0. The fourth-order valence-electron chi connectivity index (χ4n) is 5.84. The number of hydrogen-bond donors (Lipinski definition) is 0. The summed E-state index contributed by atoms with van der Waals surface area (Å²) >= 11 is 0. The first-order valence-corrected chi connectivity index (χ1v) is 17.2. The van der Waals surface area contributed by atoms with E-state index in [1.165, 1.54) is 89.9 Å². The van der Waals surface area contributed by atoms with Crippen molar-refractivity contribution in [1.29, 1.82) is 0 Å². The Morgan fingerprint density at radius 3 is 1.09 bits per heavy atom. The van der Waals surface area contributed by atoms with Crippen LogP contribution in [-0.2, 0) is 12.8 Å². The van der Waals surface area contributed by atoms with Crippen molar-refractivity contribution >= 4 is 11.4 Å². The van der Waals surface area contributed by atoms with Crippen LogP contribution >= 0.6 is 0 Å². The maximum absolute atomic E-state index is 12.1. The van der Waals surface area contributed by atoms with Gasteiger partial charge >= 0.3 is 11.4 Å². The Bertz CT molecular complexity index is 988. The number of nitro groups is 2. The predicted molar refractivity (Wildman–Crippen MR) is 177 cm³/mol. The molecule has 7 nitrogen and oxygen atoms in total. The van der Waals surface area contributed by atoms with E-state index in [0.717, 1.165) is 38.5 Å². The van der Waals surface area contributed by atoms with Crippen molar-refractivity contribution in [3.8, 4) is 11.5 Å². The second-order valence-electron chi connectivity index (χ2n) is 12.0. The summed E-state index contributed by atoms with van der Waals surface area (Å²) in [7, 11) is 0. The van der Waals surface area contributed by atoms with Crippen LogP contribution in [0.4, 0.5) is 11.4 Å². The van der Waals surface area contributed by atoms with Gasteiger partial charge in [0.25, 0.3) is 0 Å². The molecule has 0 radical (unpaired) electrons. The first kappa shape index (κ1) is 36.2. The van der Waals surface area contributed by atoms with Gasteiger partial charge in [0.15, 0.2) is 0 Å². The van der Waals surface area contributed by atoms with E-state index in [2.05, 4.69) is 13.8 Å².